The summed E-state index contributed by atoms with van der Waals surface area (Å²) >= 11 is 1.31. The quantitative estimate of drug-likeness (QED) is 0.833. The van der Waals surface area contributed by atoms with Crippen LogP contribution in [0.2, 0.25) is 0 Å². The van der Waals surface area contributed by atoms with E-state index in [1.54, 1.807) is 38.3 Å². The second-order valence-corrected chi connectivity index (χ2v) is 6.29. The maximum atomic E-state index is 12.2. The van der Waals surface area contributed by atoms with Gasteiger partial charge in [0.15, 0.2) is 0 Å². The molecular formula is C14H20N2O5S. The number of nitrogens with one attached hydrogen (secondary N) is 1. The molecule has 0 saturated heterocycles. The van der Waals surface area contributed by atoms with Gasteiger partial charge in [-0.3, -0.25) is 14.5 Å². The number of hydrogen-bond donors (Lipinski definition) is 1. The summed E-state index contributed by atoms with van der Waals surface area (Å²) in [6.07, 6.45) is -0.690. The summed E-state index contributed by atoms with van der Waals surface area (Å²) in [5, 5.41) is 4.76. The van der Waals surface area contributed by atoms with Crippen LogP contribution in [-0.2, 0) is 19.1 Å². The number of hydrogen-bond acceptors (Lipinski definition) is 6. The minimum Gasteiger partial charge on any atom is -0.468 e. The number of anilines is 1. The number of amides is 2. The fourth-order valence-electron chi connectivity index (χ4n) is 1.46. The van der Waals surface area contributed by atoms with Crippen molar-refractivity contribution in [2.45, 2.75) is 26.4 Å². The third-order valence-electron chi connectivity index (χ3n) is 2.37. The lowest BCUT2D eigenvalue weighted by molar-refractivity contribution is -0.139. The van der Waals surface area contributed by atoms with Gasteiger partial charge in [-0.2, -0.15) is 0 Å². The molecule has 2 amide bonds. The van der Waals surface area contributed by atoms with Gasteiger partial charge in [-0.05, 0) is 38.3 Å². The molecule has 1 heterocycles. The van der Waals surface area contributed by atoms with Gasteiger partial charge >= 0.3 is 12.1 Å². The van der Waals surface area contributed by atoms with Crippen LogP contribution in [-0.4, -0.2) is 43.8 Å². The van der Waals surface area contributed by atoms with E-state index in [1.165, 1.54) is 23.3 Å². The molecule has 1 aromatic heterocycles. The summed E-state index contributed by atoms with van der Waals surface area (Å²) in [5.41, 5.74) is -0.646. The van der Waals surface area contributed by atoms with E-state index in [0.29, 0.717) is 5.00 Å². The van der Waals surface area contributed by atoms with Crippen LogP contribution >= 0.6 is 11.3 Å². The Balaban J connectivity index is 2.65. The summed E-state index contributed by atoms with van der Waals surface area (Å²) in [6, 6.07) is 3.47. The first-order valence-corrected chi connectivity index (χ1v) is 7.48. The van der Waals surface area contributed by atoms with Gasteiger partial charge in [-0.1, -0.05) is 0 Å². The summed E-state index contributed by atoms with van der Waals surface area (Å²) < 4.78 is 9.63. The van der Waals surface area contributed by atoms with E-state index in [9.17, 15) is 14.4 Å². The number of ether oxygens (including phenoxy) is 2. The molecule has 0 aliphatic carbocycles. The van der Waals surface area contributed by atoms with Crippen LogP contribution < -0.4 is 10.2 Å². The summed E-state index contributed by atoms with van der Waals surface area (Å²) in [4.78, 5) is 36.5. The molecule has 0 unspecified atom stereocenters. The lowest BCUT2D eigenvalue weighted by Crippen LogP contribution is -2.43. The highest BCUT2D eigenvalue weighted by Crippen LogP contribution is 2.21. The zero-order valence-electron chi connectivity index (χ0n) is 13.0. The highest BCUT2D eigenvalue weighted by molar-refractivity contribution is 7.14. The van der Waals surface area contributed by atoms with Crippen molar-refractivity contribution in [1.82, 2.24) is 5.32 Å². The van der Waals surface area contributed by atoms with Crippen LogP contribution in [0.25, 0.3) is 0 Å². The van der Waals surface area contributed by atoms with Gasteiger partial charge in [-0.15, -0.1) is 11.3 Å². The molecule has 1 N–H and O–H groups in total. The molecule has 0 fully saturated rings. The molecule has 0 spiro atoms. The summed E-state index contributed by atoms with van der Waals surface area (Å²) in [6.45, 7) is 4.69. The van der Waals surface area contributed by atoms with Crippen LogP contribution in [0, 0.1) is 0 Å². The predicted molar refractivity (Wildman–Crippen MR) is 82.9 cm³/mol. The highest BCUT2D eigenvalue weighted by atomic mass is 32.1. The van der Waals surface area contributed by atoms with E-state index in [4.69, 9.17) is 4.74 Å². The number of rotatable bonds is 5. The second-order valence-electron chi connectivity index (χ2n) is 5.36. The van der Waals surface area contributed by atoms with E-state index in [0.717, 1.165) is 0 Å². The van der Waals surface area contributed by atoms with Crippen molar-refractivity contribution >= 4 is 34.3 Å². The van der Waals surface area contributed by atoms with Gasteiger partial charge in [0, 0.05) is 0 Å². The molecule has 1 rings (SSSR count). The first kappa shape index (κ1) is 18.0. The molecule has 122 valence electrons. The lowest BCUT2D eigenvalue weighted by atomic mass is 10.2. The fourth-order valence-corrected chi connectivity index (χ4v) is 2.21. The van der Waals surface area contributed by atoms with Gasteiger partial charge in [0.1, 0.15) is 18.7 Å². The monoisotopic (exact) mass is 328 g/mol. The molecule has 22 heavy (non-hydrogen) atoms. The maximum Gasteiger partial charge on any atom is 0.408 e. The van der Waals surface area contributed by atoms with E-state index in [2.05, 4.69) is 10.1 Å². The number of thiophene rings is 1. The van der Waals surface area contributed by atoms with Crippen LogP contribution in [0.3, 0.4) is 0 Å². The fraction of sp³-hybridized carbons (Fsp3) is 0.500. The Labute approximate surface area is 133 Å². The predicted octanol–water partition coefficient (Wildman–Crippen LogP) is 1.78. The molecule has 7 nitrogen and oxygen atoms in total. The molecule has 0 bridgehead atoms. The van der Waals surface area contributed by atoms with Crippen molar-refractivity contribution in [3.63, 3.8) is 0 Å². The third-order valence-corrected chi connectivity index (χ3v) is 3.26. The van der Waals surface area contributed by atoms with Gasteiger partial charge in [0.05, 0.1) is 12.1 Å². The molecule has 0 aliphatic rings. The van der Waals surface area contributed by atoms with E-state index < -0.39 is 23.6 Å². The number of nitrogens with zero attached hydrogens (tertiary/aromatic N) is 1. The lowest BCUT2D eigenvalue weighted by Gasteiger charge is -2.22. The third kappa shape index (κ3) is 6.13. The van der Waals surface area contributed by atoms with E-state index in [1.807, 2.05) is 0 Å². The number of alkyl carbamates (subject to hydrolysis) is 1. The average molecular weight is 328 g/mol. The van der Waals surface area contributed by atoms with Crippen molar-refractivity contribution < 1.29 is 23.9 Å². The van der Waals surface area contributed by atoms with Crippen LogP contribution in [0.15, 0.2) is 17.5 Å². The normalized spacial score (nSPS) is 10.7. The minimum atomic E-state index is -0.690. The Morgan fingerprint density at radius 1 is 1.32 bits per heavy atom. The van der Waals surface area contributed by atoms with Crippen molar-refractivity contribution in [3.8, 4) is 0 Å². The molecule has 0 saturated carbocycles. The molecule has 0 aromatic carbocycles. The average Bonchev–Trinajstić information content (AvgIpc) is 2.93. The van der Waals surface area contributed by atoms with Crippen molar-refractivity contribution in [3.05, 3.63) is 17.5 Å². The van der Waals surface area contributed by atoms with Gasteiger partial charge in [0.2, 0.25) is 5.91 Å². The first-order valence-electron chi connectivity index (χ1n) is 6.60. The first-order chi connectivity index (χ1) is 10.2. The standard InChI is InChI=1S/C14H20N2O5S/c1-14(2,3)21-13(19)15-8-10(17)16(9-12(18)20-4)11-6-5-7-22-11/h5-7H,8-9H2,1-4H3,(H,15,19). The Bertz CT molecular complexity index is 522. The number of esters is 1. The Kier molecular flexibility index (Phi) is 6.36. The SMILES string of the molecule is COC(=O)CN(C(=O)CNC(=O)OC(C)(C)C)c1cccs1. The Morgan fingerprint density at radius 3 is 2.50 bits per heavy atom. The van der Waals surface area contributed by atoms with E-state index >= 15 is 0 Å². The molecule has 0 radical (unpaired) electrons. The molecular weight excluding hydrogens is 308 g/mol. The topological polar surface area (TPSA) is 84.9 Å². The van der Waals surface area contributed by atoms with Crippen LogP contribution in [0.1, 0.15) is 20.8 Å². The zero-order valence-corrected chi connectivity index (χ0v) is 13.9. The molecule has 0 aliphatic heterocycles. The van der Waals surface area contributed by atoms with Crippen LogP contribution in [0.5, 0.6) is 0 Å². The Hall–Kier alpha value is -2.09. The van der Waals surface area contributed by atoms with Gasteiger partial charge < -0.3 is 14.8 Å². The number of methoxy groups -OCH3 is 1. The number of carbonyl (C=O) groups excluding carboxylic acids is 3. The second kappa shape index (κ2) is 7.79. The summed E-state index contributed by atoms with van der Waals surface area (Å²) in [7, 11) is 1.25. The number of carbonyl (C=O) groups is 3. The van der Waals surface area contributed by atoms with E-state index in [-0.39, 0.29) is 13.1 Å². The minimum absolute atomic E-state index is 0.216. The molecule has 1 aromatic rings. The van der Waals surface area contributed by atoms with Crippen molar-refractivity contribution in [2.75, 3.05) is 25.1 Å². The Morgan fingerprint density at radius 2 is 2.00 bits per heavy atom. The summed E-state index contributed by atoms with van der Waals surface area (Å²) in [5.74, 6) is -0.974. The maximum absolute atomic E-state index is 12.2. The van der Waals surface area contributed by atoms with Crippen molar-refractivity contribution in [2.24, 2.45) is 0 Å². The highest BCUT2D eigenvalue weighted by Gasteiger charge is 2.22. The van der Waals surface area contributed by atoms with Gasteiger partial charge in [-0.25, -0.2) is 4.79 Å². The molecule has 8 heteroatoms. The smallest absolute Gasteiger partial charge is 0.408 e. The zero-order chi connectivity index (χ0) is 16.8. The largest absolute Gasteiger partial charge is 0.468 e. The molecule has 0 atom stereocenters. The van der Waals surface area contributed by atoms with Crippen molar-refractivity contribution in [1.29, 1.82) is 0 Å². The van der Waals surface area contributed by atoms with Crippen LogP contribution in [0.4, 0.5) is 9.80 Å². The van der Waals surface area contributed by atoms with Gasteiger partial charge in [0.25, 0.3) is 0 Å².